The van der Waals surface area contributed by atoms with Crippen LogP contribution in [0.3, 0.4) is 0 Å². The molecule has 2 heterocycles. The Morgan fingerprint density at radius 2 is 2.13 bits per heavy atom. The van der Waals surface area contributed by atoms with E-state index < -0.39 is 0 Å². The van der Waals surface area contributed by atoms with Gasteiger partial charge in [0.1, 0.15) is 17.0 Å². The second-order valence-electron chi connectivity index (χ2n) is 6.17. The molecule has 0 aromatic carbocycles. The molecule has 2 rings (SSSR count). The molecule has 23 heavy (non-hydrogen) atoms. The lowest BCUT2D eigenvalue weighted by Crippen LogP contribution is -2.34. The summed E-state index contributed by atoms with van der Waals surface area (Å²) in [7, 11) is 0. The van der Waals surface area contributed by atoms with E-state index in [1.165, 1.54) is 0 Å². The van der Waals surface area contributed by atoms with E-state index in [-0.39, 0.29) is 23.6 Å². The van der Waals surface area contributed by atoms with Gasteiger partial charge in [0, 0.05) is 18.8 Å². The van der Waals surface area contributed by atoms with Crippen LogP contribution in [-0.2, 0) is 13.1 Å². The molecule has 0 aliphatic carbocycles. The van der Waals surface area contributed by atoms with Crippen molar-refractivity contribution in [3.63, 3.8) is 0 Å². The van der Waals surface area contributed by atoms with Gasteiger partial charge in [-0.3, -0.25) is 9.59 Å². The van der Waals surface area contributed by atoms with Crippen LogP contribution in [0.5, 0.6) is 0 Å². The van der Waals surface area contributed by atoms with Crippen molar-refractivity contribution < 1.29 is 9.32 Å². The summed E-state index contributed by atoms with van der Waals surface area (Å²) >= 11 is 0. The highest BCUT2D eigenvalue weighted by atomic mass is 16.5. The molecule has 1 amide bonds. The van der Waals surface area contributed by atoms with Crippen LogP contribution in [0.2, 0.25) is 0 Å². The van der Waals surface area contributed by atoms with E-state index in [2.05, 4.69) is 24.3 Å². The lowest BCUT2D eigenvalue weighted by molar-refractivity contribution is 0.0947. The number of carbonyl (C=O) groups is 1. The van der Waals surface area contributed by atoms with Gasteiger partial charge in [-0.1, -0.05) is 19.0 Å². The zero-order chi connectivity index (χ0) is 17.0. The van der Waals surface area contributed by atoms with Gasteiger partial charge in [0.2, 0.25) is 0 Å². The first-order chi connectivity index (χ1) is 10.9. The topological polar surface area (TPSA) is 77.1 Å². The molecule has 0 fully saturated rings. The molecule has 0 saturated heterocycles. The third-order valence-electron chi connectivity index (χ3n) is 3.65. The fourth-order valence-electron chi connectivity index (χ4n) is 2.28. The Morgan fingerprint density at radius 1 is 1.39 bits per heavy atom. The first-order valence-electron chi connectivity index (χ1n) is 7.79. The zero-order valence-corrected chi connectivity index (χ0v) is 14.0. The maximum absolute atomic E-state index is 12.5. The van der Waals surface area contributed by atoms with Crippen LogP contribution >= 0.6 is 0 Å². The van der Waals surface area contributed by atoms with Crippen LogP contribution in [0.1, 0.15) is 47.6 Å². The summed E-state index contributed by atoms with van der Waals surface area (Å²) in [6.45, 7) is 8.60. The Hall–Kier alpha value is -2.37. The van der Waals surface area contributed by atoms with E-state index in [4.69, 9.17) is 4.52 Å². The third-order valence-corrected chi connectivity index (χ3v) is 3.65. The van der Waals surface area contributed by atoms with Gasteiger partial charge in [-0.25, -0.2) is 0 Å². The quantitative estimate of drug-likeness (QED) is 0.887. The standard InChI is InChI=1S/C17H23N3O3/c1-11(2)5-7-20-8-6-12(3)15(17(20)22)16(21)18-10-14-9-13(4)23-19-14/h6,8-9,11H,5,7,10H2,1-4H3,(H,18,21). The van der Waals surface area contributed by atoms with Crippen LogP contribution in [0.25, 0.3) is 0 Å². The molecule has 0 saturated carbocycles. The molecule has 1 N–H and O–H groups in total. The number of nitrogens with zero attached hydrogens (tertiary/aromatic N) is 2. The number of nitrogens with one attached hydrogen (secondary N) is 1. The average Bonchev–Trinajstić information content (AvgIpc) is 2.90. The highest BCUT2D eigenvalue weighted by molar-refractivity contribution is 5.95. The summed E-state index contributed by atoms with van der Waals surface area (Å²) in [5, 5.41) is 6.55. The first kappa shape index (κ1) is 17.0. The van der Waals surface area contributed by atoms with E-state index in [0.717, 1.165) is 6.42 Å². The lowest BCUT2D eigenvalue weighted by Gasteiger charge is -2.11. The number of aryl methyl sites for hydroxylation is 3. The smallest absolute Gasteiger partial charge is 0.263 e. The second kappa shape index (κ2) is 7.26. The lowest BCUT2D eigenvalue weighted by atomic mass is 10.1. The number of amides is 1. The van der Waals surface area contributed by atoms with Gasteiger partial charge < -0.3 is 14.4 Å². The molecule has 124 valence electrons. The molecule has 0 atom stereocenters. The first-order valence-corrected chi connectivity index (χ1v) is 7.79. The fourth-order valence-corrected chi connectivity index (χ4v) is 2.28. The highest BCUT2D eigenvalue weighted by Crippen LogP contribution is 2.06. The van der Waals surface area contributed by atoms with Crippen molar-refractivity contribution in [2.75, 3.05) is 0 Å². The predicted molar refractivity (Wildman–Crippen MR) is 87.3 cm³/mol. The summed E-state index contributed by atoms with van der Waals surface area (Å²) < 4.78 is 6.56. The molecule has 0 aliphatic heterocycles. The maximum Gasteiger partial charge on any atom is 0.263 e. The molecule has 0 spiro atoms. The van der Waals surface area contributed by atoms with Crippen LogP contribution in [0, 0.1) is 19.8 Å². The predicted octanol–water partition coefficient (Wildman–Crippen LogP) is 2.43. The van der Waals surface area contributed by atoms with Crippen molar-refractivity contribution in [2.24, 2.45) is 5.92 Å². The second-order valence-corrected chi connectivity index (χ2v) is 6.17. The molecule has 6 heteroatoms. The highest BCUT2D eigenvalue weighted by Gasteiger charge is 2.16. The minimum Gasteiger partial charge on any atom is -0.361 e. The number of hydrogen-bond acceptors (Lipinski definition) is 4. The van der Waals surface area contributed by atoms with Crippen LogP contribution in [0.15, 0.2) is 27.6 Å². The third kappa shape index (κ3) is 4.31. The molecule has 0 radical (unpaired) electrons. The van der Waals surface area contributed by atoms with E-state index in [1.807, 2.05) is 0 Å². The van der Waals surface area contributed by atoms with Gasteiger partial charge >= 0.3 is 0 Å². The number of rotatable bonds is 6. The minimum atomic E-state index is -0.382. The summed E-state index contributed by atoms with van der Waals surface area (Å²) in [5.74, 6) is 0.795. The molecular weight excluding hydrogens is 294 g/mol. The van der Waals surface area contributed by atoms with Gasteiger partial charge in [0.05, 0.1) is 6.54 Å². The normalized spacial score (nSPS) is 11.0. The Bertz CT molecular complexity index is 744. The fraction of sp³-hybridized carbons (Fsp3) is 0.471. The average molecular weight is 317 g/mol. The Morgan fingerprint density at radius 3 is 2.74 bits per heavy atom. The molecule has 2 aromatic heterocycles. The van der Waals surface area contributed by atoms with Crippen LogP contribution < -0.4 is 10.9 Å². The van der Waals surface area contributed by atoms with E-state index in [9.17, 15) is 9.59 Å². The zero-order valence-electron chi connectivity index (χ0n) is 14.0. The molecule has 6 nitrogen and oxygen atoms in total. The summed E-state index contributed by atoms with van der Waals surface area (Å²) in [6, 6.07) is 3.55. The van der Waals surface area contributed by atoms with Gasteiger partial charge in [-0.2, -0.15) is 0 Å². The number of aromatic nitrogens is 2. The van der Waals surface area contributed by atoms with Crippen molar-refractivity contribution in [1.82, 2.24) is 15.0 Å². The van der Waals surface area contributed by atoms with Crippen LogP contribution in [-0.4, -0.2) is 15.6 Å². The maximum atomic E-state index is 12.5. The molecule has 0 aliphatic rings. The van der Waals surface area contributed by atoms with Crippen molar-refractivity contribution >= 4 is 5.91 Å². The Labute approximate surface area is 135 Å². The summed E-state index contributed by atoms with van der Waals surface area (Å²) in [5.41, 5.74) is 1.24. The van der Waals surface area contributed by atoms with Gasteiger partial charge in [-0.15, -0.1) is 0 Å². The summed E-state index contributed by atoms with van der Waals surface area (Å²) in [6.07, 6.45) is 2.64. The van der Waals surface area contributed by atoms with Crippen molar-refractivity contribution in [2.45, 2.75) is 47.2 Å². The van der Waals surface area contributed by atoms with Gasteiger partial charge in [-0.05, 0) is 37.8 Å². The van der Waals surface area contributed by atoms with Crippen LogP contribution in [0.4, 0.5) is 0 Å². The largest absolute Gasteiger partial charge is 0.361 e. The Kier molecular flexibility index (Phi) is 5.36. The SMILES string of the molecule is Cc1cc(CNC(=O)c2c(C)ccn(CCC(C)C)c2=O)no1. The monoisotopic (exact) mass is 317 g/mol. The number of pyridine rings is 1. The van der Waals surface area contributed by atoms with Crippen molar-refractivity contribution in [1.29, 1.82) is 0 Å². The van der Waals surface area contributed by atoms with Crippen molar-refractivity contribution in [3.05, 3.63) is 51.3 Å². The molecule has 0 unspecified atom stereocenters. The summed E-state index contributed by atoms with van der Waals surface area (Å²) in [4.78, 5) is 24.9. The molecular formula is C17H23N3O3. The van der Waals surface area contributed by atoms with Gasteiger partial charge in [0.25, 0.3) is 11.5 Å². The van der Waals surface area contributed by atoms with Gasteiger partial charge in [0.15, 0.2) is 0 Å². The van der Waals surface area contributed by atoms with E-state index >= 15 is 0 Å². The van der Waals surface area contributed by atoms with E-state index in [1.54, 1.807) is 36.7 Å². The molecule has 0 bridgehead atoms. The Balaban J connectivity index is 2.15. The number of carbonyl (C=O) groups excluding carboxylic acids is 1. The van der Waals surface area contributed by atoms with E-state index in [0.29, 0.717) is 29.5 Å². The number of hydrogen-bond donors (Lipinski definition) is 1. The molecule has 2 aromatic rings. The van der Waals surface area contributed by atoms with Crippen molar-refractivity contribution in [3.8, 4) is 0 Å². The minimum absolute atomic E-state index is 0.191.